The summed E-state index contributed by atoms with van der Waals surface area (Å²) in [6.45, 7) is -0.344. The van der Waals surface area contributed by atoms with Crippen molar-refractivity contribution in [1.29, 1.82) is 0 Å². The summed E-state index contributed by atoms with van der Waals surface area (Å²) in [5.41, 5.74) is 3.96. The second-order valence-electron chi connectivity index (χ2n) is 7.58. The van der Waals surface area contributed by atoms with Crippen molar-refractivity contribution in [2.45, 2.75) is 4.90 Å². The lowest BCUT2D eigenvalue weighted by Crippen LogP contribution is -2.21. The van der Waals surface area contributed by atoms with Gasteiger partial charge in [0.15, 0.2) is 12.4 Å². The number of carbonyl (C=O) groups excluding carboxylic acids is 3. The lowest BCUT2D eigenvalue weighted by Gasteiger charge is -2.21. The lowest BCUT2D eigenvalue weighted by atomic mass is 9.83. The topological polar surface area (TPSA) is 72.5 Å². The second-order valence-corrected chi connectivity index (χ2v) is 8.59. The van der Waals surface area contributed by atoms with Crippen molar-refractivity contribution < 1.29 is 19.1 Å². The van der Waals surface area contributed by atoms with E-state index in [0.29, 0.717) is 16.8 Å². The van der Waals surface area contributed by atoms with Crippen molar-refractivity contribution >= 4 is 45.9 Å². The summed E-state index contributed by atoms with van der Waals surface area (Å²) in [5, 5.41) is 4.51. The number of hydrogen-bond donors (Lipinski definition) is 1. The summed E-state index contributed by atoms with van der Waals surface area (Å²) >= 11 is 1.33. The molecule has 0 bridgehead atoms. The van der Waals surface area contributed by atoms with Crippen LogP contribution in [0, 0.1) is 0 Å². The van der Waals surface area contributed by atoms with Crippen molar-refractivity contribution in [3.63, 3.8) is 0 Å². The van der Waals surface area contributed by atoms with E-state index in [4.69, 9.17) is 4.74 Å². The molecule has 0 atom stereocenters. The minimum Gasteiger partial charge on any atom is -0.455 e. The van der Waals surface area contributed by atoms with Gasteiger partial charge in [-0.3, -0.25) is 14.4 Å². The van der Waals surface area contributed by atoms with Gasteiger partial charge in [-0.05, 0) is 34.7 Å². The van der Waals surface area contributed by atoms with Crippen molar-refractivity contribution in [1.82, 2.24) is 0 Å². The second kappa shape index (κ2) is 8.92. The quantitative estimate of drug-likeness (QED) is 0.278. The zero-order valence-corrected chi connectivity index (χ0v) is 18.4. The van der Waals surface area contributed by atoms with Crippen molar-refractivity contribution in [2.24, 2.45) is 0 Å². The Labute approximate surface area is 194 Å². The van der Waals surface area contributed by atoms with Gasteiger partial charge in [0.1, 0.15) is 0 Å². The standard InChI is InChI=1S/C27H19NO4S/c29-24(28-17-7-2-1-3-8-17)15-32-25(30)16-33-23-14-13-19-18-9-4-5-10-20(18)27(31)22-12-6-11-21(23)26(19)22/h1-14H,15-16H2,(H,28,29). The van der Waals surface area contributed by atoms with Crippen LogP contribution in [0.5, 0.6) is 0 Å². The molecule has 0 spiro atoms. The molecule has 0 fully saturated rings. The maximum atomic E-state index is 13.0. The third-order valence-electron chi connectivity index (χ3n) is 5.47. The Hall–Kier alpha value is -3.90. The molecule has 4 aromatic rings. The fraction of sp³-hybridized carbons (Fsp3) is 0.0741. The van der Waals surface area contributed by atoms with Gasteiger partial charge in [0.2, 0.25) is 0 Å². The largest absolute Gasteiger partial charge is 0.455 e. The van der Waals surface area contributed by atoms with Crippen LogP contribution in [0.25, 0.3) is 21.9 Å². The first kappa shape index (κ1) is 21.0. The normalized spacial score (nSPS) is 11.7. The number of hydrogen-bond acceptors (Lipinski definition) is 5. The molecule has 0 aliphatic heterocycles. The van der Waals surface area contributed by atoms with Crippen molar-refractivity contribution in [3.05, 3.63) is 96.1 Å². The molecule has 0 unspecified atom stereocenters. The van der Waals surface area contributed by atoms with E-state index < -0.39 is 11.9 Å². The Balaban J connectivity index is 1.30. The maximum absolute atomic E-state index is 13.0. The van der Waals surface area contributed by atoms with Gasteiger partial charge < -0.3 is 10.1 Å². The summed E-state index contributed by atoms with van der Waals surface area (Å²) in [5.74, 6) is -0.805. The number of carbonyl (C=O) groups is 3. The van der Waals surface area contributed by atoms with Gasteiger partial charge in [0.25, 0.3) is 5.91 Å². The predicted molar refractivity (Wildman–Crippen MR) is 130 cm³/mol. The first-order valence-corrected chi connectivity index (χ1v) is 11.4. The maximum Gasteiger partial charge on any atom is 0.316 e. The SMILES string of the molecule is O=C(COC(=O)CSc1ccc2c3c(cccc13)C(=O)c1ccccc1-2)Nc1ccccc1. The zero-order chi connectivity index (χ0) is 22.8. The number of anilines is 1. The molecule has 1 amide bonds. The number of ketones is 1. The summed E-state index contributed by atoms with van der Waals surface area (Å²) in [6.07, 6.45) is 0. The fourth-order valence-corrected chi connectivity index (χ4v) is 4.87. The Morgan fingerprint density at radius 1 is 0.758 bits per heavy atom. The van der Waals surface area contributed by atoms with Crippen LogP contribution in [0.4, 0.5) is 5.69 Å². The van der Waals surface area contributed by atoms with Crippen LogP contribution in [0.2, 0.25) is 0 Å². The number of para-hydroxylation sites is 1. The number of nitrogens with one attached hydrogen (secondary N) is 1. The molecule has 1 N–H and O–H groups in total. The fourth-order valence-electron chi connectivity index (χ4n) is 4.02. The molecule has 5 nitrogen and oxygen atoms in total. The number of ether oxygens (including phenoxy) is 1. The minimum absolute atomic E-state index is 0.00897. The first-order valence-electron chi connectivity index (χ1n) is 10.4. The molecule has 0 heterocycles. The lowest BCUT2D eigenvalue weighted by molar-refractivity contribution is -0.144. The van der Waals surface area contributed by atoms with Crippen LogP contribution in [0.15, 0.2) is 89.8 Å². The average Bonchev–Trinajstić information content (AvgIpc) is 2.85. The van der Waals surface area contributed by atoms with E-state index in [9.17, 15) is 14.4 Å². The van der Waals surface area contributed by atoms with Crippen LogP contribution in [0.1, 0.15) is 15.9 Å². The van der Waals surface area contributed by atoms with E-state index in [-0.39, 0.29) is 18.1 Å². The van der Waals surface area contributed by atoms with Crippen LogP contribution in [-0.2, 0) is 14.3 Å². The Bertz CT molecular complexity index is 1400. The number of esters is 1. The monoisotopic (exact) mass is 453 g/mol. The highest BCUT2D eigenvalue weighted by molar-refractivity contribution is 8.00. The van der Waals surface area contributed by atoms with Gasteiger partial charge in [-0.1, -0.05) is 66.7 Å². The van der Waals surface area contributed by atoms with Gasteiger partial charge in [-0.15, -0.1) is 11.8 Å². The molecule has 4 aromatic carbocycles. The van der Waals surface area contributed by atoms with E-state index in [1.807, 2.05) is 72.8 Å². The number of fused-ring (bicyclic) bond motifs is 2. The molecular weight excluding hydrogens is 434 g/mol. The van der Waals surface area contributed by atoms with Gasteiger partial charge in [0, 0.05) is 27.1 Å². The van der Waals surface area contributed by atoms with Gasteiger partial charge in [-0.2, -0.15) is 0 Å². The van der Waals surface area contributed by atoms with Gasteiger partial charge in [0.05, 0.1) is 5.75 Å². The van der Waals surface area contributed by atoms with E-state index in [0.717, 1.165) is 26.8 Å². The van der Waals surface area contributed by atoms with Gasteiger partial charge >= 0.3 is 5.97 Å². The average molecular weight is 454 g/mol. The number of benzene rings is 4. The molecule has 5 rings (SSSR count). The molecule has 0 radical (unpaired) electrons. The highest BCUT2D eigenvalue weighted by Gasteiger charge is 2.25. The molecule has 0 saturated carbocycles. The number of amides is 1. The van der Waals surface area contributed by atoms with E-state index >= 15 is 0 Å². The number of thioether (sulfide) groups is 1. The third-order valence-corrected chi connectivity index (χ3v) is 6.52. The number of rotatable bonds is 6. The van der Waals surface area contributed by atoms with E-state index in [1.165, 1.54) is 11.8 Å². The predicted octanol–water partition coefficient (Wildman–Crippen LogP) is 5.33. The van der Waals surface area contributed by atoms with E-state index in [2.05, 4.69) is 5.32 Å². The Kier molecular flexibility index (Phi) is 5.67. The van der Waals surface area contributed by atoms with Crippen molar-refractivity contribution in [2.75, 3.05) is 17.7 Å². The van der Waals surface area contributed by atoms with Crippen LogP contribution < -0.4 is 5.32 Å². The summed E-state index contributed by atoms with van der Waals surface area (Å²) in [6, 6.07) is 26.2. The summed E-state index contributed by atoms with van der Waals surface area (Å²) in [4.78, 5) is 38.1. The molecule has 6 heteroatoms. The first-order chi connectivity index (χ1) is 16.1. The molecular formula is C27H19NO4S. The smallest absolute Gasteiger partial charge is 0.316 e. The van der Waals surface area contributed by atoms with Gasteiger partial charge in [-0.25, -0.2) is 0 Å². The van der Waals surface area contributed by atoms with Crippen LogP contribution in [0.3, 0.4) is 0 Å². The summed E-state index contributed by atoms with van der Waals surface area (Å²) < 4.78 is 5.13. The molecule has 0 saturated heterocycles. The molecule has 33 heavy (non-hydrogen) atoms. The molecule has 1 aliphatic carbocycles. The minimum atomic E-state index is -0.481. The third kappa shape index (κ3) is 4.13. The van der Waals surface area contributed by atoms with E-state index in [1.54, 1.807) is 12.1 Å². The Morgan fingerprint density at radius 3 is 2.30 bits per heavy atom. The zero-order valence-electron chi connectivity index (χ0n) is 17.5. The summed E-state index contributed by atoms with van der Waals surface area (Å²) in [7, 11) is 0. The highest BCUT2D eigenvalue weighted by atomic mass is 32.2. The van der Waals surface area contributed by atoms with Crippen molar-refractivity contribution in [3.8, 4) is 11.1 Å². The van der Waals surface area contributed by atoms with Crippen LogP contribution >= 0.6 is 11.8 Å². The highest BCUT2D eigenvalue weighted by Crippen LogP contribution is 2.42. The van der Waals surface area contributed by atoms with Crippen LogP contribution in [-0.4, -0.2) is 30.0 Å². The molecule has 162 valence electrons. The molecule has 1 aliphatic rings. The molecule has 0 aromatic heterocycles. The Morgan fingerprint density at radius 2 is 1.48 bits per heavy atom.